The fraction of sp³-hybridized carbons (Fsp3) is 0.360. The van der Waals surface area contributed by atoms with Gasteiger partial charge in [0.25, 0.3) is 0 Å². The van der Waals surface area contributed by atoms with E-state index in [4.69, 9.17) is 4.98 Å². The van der Waals surface area contributed by atoms with E-state index in [0.29, 0.717) is 6.04 Å². The van der Waals surface area contributed by atoms with Crippen molar-refractivity contribution in [2.24, 2.45) is 0 Å². The van der Waals surface area contributed by atoms with Crippen molar-refractivity contribution in [3.63, 3.8) is 0 Å². The van der Waals surface area contributed by atoms with Crippen LogP contribution < -0.4 is 10.2 Å². The lowest BCUT2D eigenvalue weighted by Gasteiger charge is -2.25. The number of para-hydroxylation sites is 1. The number of anilines is 2. The Bertz CT molecular complexity index is 1000. The molecule has 1 N–H and O–H groups in total. The highest BCUT2D eigenvalue weighted by atomic mass is 32.2. The third-order valence-electron chi connectivity index (χ3n) is 5.88. The van der Waals surface area contributed by atoms with Crippen molar-refractivity contribution in [3.8, 4) is 0 Å². The molecule has 154 valence electrons. The van der Waals surface area contributed by atoms with Crippen molar-refractivity contribution in [3.05, 3.63) is 72.2 Å². The highest BCUT2D eigenvalue weighted by molar-refractivity contribution is 7.99. The molecule has 1 unspecified atom stereocenters. The van der Waals surface area contributed by atoms with Gasteiger partial charge in [-0.15, -0.1) is 0 Å². The summed E-state index contributed by atoms with van der Waals surface area (Å²) in [5.41, 5.74) is 2.43. The molecule has 3 aromatic rings. The molecule has 0 spiro atoms. The van der Waals surface area contributed by atoms with E-state index in [1.54, 1.807) is 11.8 Å². The zero-order valence-electron chi connectivity index (χ0n) is 17.4. The lowest BCUT2D eigenvalue weighted by atomic mass is 10.0. The molecule has 0 bridgehead atoms. The molecule has 0 radical (unpaired) electrons. The summed E-state index contributed by atoms with van der Waals surface area (Å²) in [6.07, 6.45) is 7.79. The highest BCUT2D eigenvalue weighted by Gasteiger charge is 2.34. The maximum absolute atomic E-state index is 4.99. The Hall–Kier alpha value is -2.53. The molecule has 1 saturated carbocycles. The second-order valence-electron chi connectivity index (χ2n) is 8.09. The minimum Gasteiger partial charge on any atom is -0.377 e. The number of aryl methyl sites for hydroxylation is 1. The molecule has 5 rings (SSSR count). The van der Waals surface area contributed by atoms with Gasteiger partial charge in [0.2, 0.25) is 0 Å². The molecule has 30 heavy (non-hydrogen) atoms. The van der Waals surface area contributed by atoms with Crippen LogP contribution in [-0.4, -0.2) is 22.6 Å². The van der Waals surface area contributed by atoms with Gasteiger partial charge in [0.1, 0.15) is 11.6 Å². The quantitative estimate of drug-likeness (QED) is 0.525. The molecule has 0 saturated heterocycles. The van der Waals surface area contributed by atoms with E-state index in [2.05, 4.69) is 82.9 Å². The van der Waals surface area contributed by atoms with E-state index in [9.17, 15) is 0 Å². The second-order valence-corrected chi connectivity index (χ2v) is 9.21. The fourth-order valence-electron chi connectivity index (χ4n) is 4.16. The van der Waals surface area contributed by atoms with Gasteiger partial charge in [-0.2, -0.15) is 0 Å². The van der Waals surface area contributed by atoms with Crippen molar-refractivity contribution in [1.82, 2.24) is 9.97 Å². The van der Waals surface area contributed by atoms with Crippen LogP contribution in [0, 0.1) is 0 Å². The molecule has 1 aliphatic heterocycles. The van der Waals surface area contributed by atoms with Gasteiger partial charge in [-0.1, -0.05) is 49.0 Å². The van der Waals surface area contributed by atoms with Gasteiger partial charge in [0.05, 0.1) is 6.04 Å². The summed E-state index contributed by atoms with van der Waals surface area (Å²) in [5, 5.41) is 3.86. The highest BCUT2D eigenvalue weighted by Crippen LogP contribution is 2.41. The fourth-order valence-corrected chi connectivity index (χ4v) is 5.09. The Kier molecular flexibility index (Phi) is 5.63. The van der Waals surface area contributed by atoms with Crippen molar-refractivity contribution in [1.29, 1.82) is 0 Å². The molecular formula is C25H28N4S. The average molecular weight is 417 g/mol. The molecule has 1 atom stereocenters. The number of hydrogen-bond acceptors (Lipinski definition) is 5. The monoisotopic (exact) mass is 416 g/mol. The summed E-state index contributed by atoms with van der Waals surface area (Å²) >= 11 is 1.81. The van der Waals surface area contributed by atoms with Crippen LogP contribution in [0.5, 0.6) is 0 Å². The van der Waals surface area contributed by atoms with Crippen LogP contribution in [0.2, 0.25) is 0 Å². The maximum Gasteiger partial charge on any atom is 0.137 e. The van der Waals surface area contributed by atoms with Gasteiger partial charge in [0, 0.05) is 46.2 Å². The second kappa shape index (κ2) is 8.68. The van der Waals surface area contributed by atoms with Gasteiger partial charge in [-0.05, 0) is 49.9 Å². The number of nitrogens with one attached hydrogen (secondary N) is 1. The molecule has 0 amide bonds. The van der Waals surface area contributed by atoms with Crippen molar-refractivity contribution in [2.75, 3.05) is 16.8 Å². The van der Waals surface area contributed by atoms with E-state index >= 15 is 0 Å². The average Bonchev–Trinajstić information content (AvgIpc) is 3.63. The van der Waals surface area contributed by atoms with E-state index in [1.165, 1.54) is 40.3 Å². The Morgan fingerprint density at radius 1 is 1.03 bits per heavy atom. The molecule has 2 aromatic carbocycles. The van der Waals surface area contributed by atoms with Crippen molar-refractivity contribution in [2.45, 2.75) is 60.9 Å². The molecule has 1 fully saturated rings. The standard InChI is InChI=1S/C25H28N4S/c1-2-24-26-17-20-21(12-8-16-29(18-14-15-18)25(20)28-24)27-22-11-6-7-13-23(22)30-19-9-4-3-5-10-19/h3-7,9-11,13,17-18,21,27H,2,8,12,14-16H2,1H3. The first-order valence-corrected chi connectivity index (χ1v) is 11.8. The molecule has 4 nitrogen and oxygen atoms in total. The van der Waals surface area contributed by atoms with E-state index in [-0.39, 0.29) is 6.04 Å². The third-order valence-corrected chi connectivity index (χ3v) is 6.96. The normalized spacial score (nSPS) is 18.6. The third kappa shape index (κ3) is 4.17. The lowest BCUT2D eigenvalue weighted by Crippen LogP contribution is -2.28. The molecule has 5 heteroatoms. The predicted octanol–water partition coefficient (Wildman–Crippen LogP) is 6.11. The predicted molar refractivity (Wildman–Crippen MR) is 124 cm³/mol. The summed E-state index contributed by atoms with van der Waals surface area (Å²) in [5.74, 6) is 2.10. The van der Waals surface area contributed by atoms with Crippen LogP contribution in [0.25, 0.3) is 0 Å². The topological polar surface area (TPSA) is 41.1 Å². The summed E-state index contributed by atoms with van der Waals surface area (Å²) in [4.78, 5) is 14.7. The van der Waals surface area contributed by atoms with Crippen LogP contribution in [0.15, 0.2) is 70.6 Å². The van der Waals surface area contributed by atoms with Crippen LogP contribution in [0.3, 0.4) is 0 Å². The molecule has 1 aromatic heterocycles. The maximum atomic E-state index is 4.99. The Morgan fingerprint density at radius 2 is 1.83 bits per heavy atom. The zero-order valence-corrected chi connectivity index (χ0v) is 18.2. The minimum atomic E-state index is 0.229. The smallest absolute Gasteiger partial charge is 0.137 e. The Balaban J connectivity index is 1.46. The number of fused-ring (bicyclic) bond motifs is 1. The minimum absolute atomic E-state index is 0.229. The number of benzene rings is 2. The Labute approximate surface area is 183 Å². The molecule has 1 aliphatic carbocycles. The van der Waals surface area contributed by atoms with Crippen LogP contribution in [-0.2, 0) is 6.42 Å². The Morgan fingerprint density at radius 3 is 2.63 bits per heavy atom. The SMILES string of the molecule is CCc1ncc2c(n1)N(C1CC1)CCCC2Nc1ccccc1Sc1ccccc1. The zero-order chi connectivity index (χ0) is 20.3. The van der Waals surface area contributed by atoms with Crippen LogP contribution in [0.4, 0.5) is 11.5 Å². The largest absolute Gasteiger partial charge is 0.377 e. The summed E-state index contributed by atoms with van der Waals surface area (Å²) in [6.45, 7) is 3.23. The first-order valence-electron chi connectivity index (χ1n) is 11.0. The summed E-state index contributed by atoms with van der Waals surface area (Å²) in [6, 6.07) is 20.1. The van der Waals surface area contributed by atoms with E-state index < -0.39 is 0 Å². The summed E-state index contributed by atoms with van der Waals surface area (Å²) in [7, 11) is 0. The number of nitrogens with zero attached hydrogens (tertiary/aromatic N) is 3. The summed E-state index contributed by atoms with van der Waals surface area (Å²) < 4.78 is 0. The van der Waals surface area contributed by atoms with Gasteiger partial charge in [0.15, 0.2) is 0 Å². The van der Waals surface area contributed by atoms with Crippen LogP contribution in [0.1, 0.15) is 50.0 Å². The van der Waals surface area contributed by atoms with Gasteiger partial charge < -0.3 is 10.2 Å². The van der Waals surface area contributed by atoms with Crippen molar-refractivity contribution < 1.29 is 0 Å². The molecule has 2 heterocycles. The number of rotatable bonds is 6. The number of aromatic nitrogens is 2. The van der Waals surface area contributed by atoms with E-state index in [0.717, 1.165) is 31.0 Å². The van der Waals surface area contributed by atoms with Crippen LogP contribution >= 0.6 is 11.8 Å². The van der Waals surface area contributed by atoms with Crippen molar-refractivity contribution >= 4 is 23.3 Å². The molecule has 2 aliphatic rings. The first-order chi connectivity index (χ1) is 14.8. The first kappa shape index (κ1) is 19.4. The lowest BCUT2D eigenvalue weighted by molar-refractivity contribution is 0.652. The van der Waals surface area contributed by atoms with Gasteiger partial charge in [-0.25, -0.2) is 9.97 Å². The number of hydrogen-bond donors (Lipinski definition) is 1. The van der Waals surface area contributed by atoms with Gasteiger partial charge >= 0.3 is 0 Å². The molecular weight excluding hydrogens is 388 g/mol. The van der Waals surface area contributed by atoms with Gasteiger partial charge in [-0.3, -0.25) is 0 Å². The van der Waals surface area contributed by atoms with E-state index in [1.807, 2.05) is 0 Å².